The highest BCUT2D eigenvalue weighted by atomic mass is 16.5. The predicted octanol–water partition coefficient (Wildman–Crippen LogP) is 0.201. The molecule has 3 aliphatic heterocycles. The third-order valence-corrected chi connectivity index (χ3v) is 4.07. The standard InChI is InChI=1S/C12H21N3O2/c13-12-14-6-11(9-3-5-16-8-9)15(12)7-10-2-1-4-17-10/h9-11H,1-8H2,(H2,13,14). The van der Waals surface area contributed by atoms with Crippen molar-refractivity contribution in [2.24, 2.45) is 16.6 Å². The molecule has 0 aromatic carbocycles. The van der Waals surface area contributed by atoms with E-state index in [-0.39, 0.29) is 0 Å². The smallest absolute Gasteiger partial charge is 0.191 e. The van der Waals surface area contributed by atoms with Gasteiger partial charge in [0.1, 0.15) is 0 Å². The minimum Gasteiger partial charge on any atom is -0.381 e. The second kappa shape index (κ2) is 4.82. The van der Waals surface area contributed by atoms with Crippen LogP contribution in [0.4, 0.5) is 0 Å². The van der Waals surface area contributed by atoms with Crippen LogP contribution in [0.25, 0.3) is 0 Å². The fourth-order valence-electron chi connectivity index (χ4n) is 3.04. The molecule has 5 nitrogen and oxygen atoms in total. The molecule has 2 saturated heterocycles. The Morgan fingerprint density at radius 3 is 3.00 bits per heavy atom. The van der Waals surface area contributed by atoms with Crippen LogP contribution in [0.5, 0.6) is 0 Å². The molecule has 3 rings (SSSR count). The summed E-state index contributed by atoms with van der Waals surface area (Å²) in [4.78, 5) is 6.64. The molecular weight excluding hydrogens is 218 g/mol. The van der Waals surface area contributed by atoms with Crippen LogP contribution in [0.2, 0.25) is 0 Å². The maximum absolute atomic E-state index is 5.99. The average molecular weight is 239 g/mol. The molecule has 0 saturated carbocycles. The number of nitrogens with zero attached hydrogens (tertiary/aromatic N) is 2. The minimum atomic E-state index is 0.340. The zero-order valence-corrected chi connectivity index (χ0v) is 10.2. The van der Waals surface area contributed by atoms with Crippen molar-refractivity contribution in [3.05, 3.63) is 0 Å². The molecule has 17 heavy (non-hydrogen) atoms. The van der Waals surface area contributed by atoms with Gasteiger partial charge in [0.15, 0.2) is 5.96 Å². The Labute approximate surface area is 102 Å². The molecule has 3 unspecified atom stereocenters. The van der Waals surface area contributed by atoms with Crippen molar-refractivity contribution < 1.29 is 9.47 Å². The molecule has 0 aromatic rings. The number of rotatable bonds is 3. The minimum absolute atomic E-state index is 0.340. The highest BCUT2D eigenvalue weighted by Gasteiger charge is 2.36. The van der Waals surface area contributed by atoms with Crippen molar-refractivity contribution >= 4 is 5.96 Å². The molecule has 0 amide bonds. The molecule has 3 heterocycles. The van der Waals surface area contributed by atoms with E-state index in [1.807, 2.05) is 0 Å². The van der Waals surface area contributed by atoms with E-state index in [1.54, 1.807) is 0 Å². The molecule has 3 aliphatic rings. The van der Waals surface area contributed by atoms with Gasteiger partial charge in [0, 0.05) is 25.7 Å². The summed E-state index contributed by atoms with van der Waals surface area (Å²) in [6, 6.07) is 0.432. The zero-order valence-electron chi connectivity index (χ0n) is 10.2. The largest absolute Gasteiger partial charge is 0.381 e. The topological polar surface area (TPSA) is 60.1 Å². The molecule has 0 aromatic heterocycles. The summed E-state index contributed by atoms with van der Waals surface area (Å²) in [6.45, 7) is 4.36. The highest BCUT2D eigenvalue weighted by Crippen LogP contribution is 2.26. The Balaban J connectivity index is 1.63. The third-order valence-electron chi connectivity index (χ3n) is 4.07. The summed E-state index contributed by atoms with van der Waals surface area (Å²) in [5, 5.41) is 0. The van der Waals surface area contributed by atoms with Crippen LogP contribution in [-0.4, -0.2) is 55.9 Å². The molecule has 3 atom stereocenters. The first-order valence-electron chi connectivity index (χ1n) is 6.60. The first-order chi connectivity index (χ1) is 8.34. The summed E-state index contributed by atoms with van der Waals surface area (Å²) in [5.74, 6) is 1.28. The molecule has 96 valence electrons. The van der Waals surface area contributed by atoms with E-state index in [0.29, 0.717) is 24.0 Å². The highest BCUT2D eigenvalue weighted by molar-refractivity contribution is 5.80. The Morgan fingerprint density at radius 2 is 2.29 bits per heavy atom. The second-order valence-electron chi connectivity index (χ2n) is 5.18. The Morgan fingerprint density at radius 1 is 1.35 bits per heavy atom. The summed E-state index contributed by atoms with van der Waals surface area (Å²) in [6.07, 6.45) is 3.80. The summed E-state index contributed by atoms with van der Waals surface area (Å²) in [5.41, 5.74) is 5.99. The Hall–Kier alpha value is -0.810. The first-order valence-corrected chi connectivity index (χ1v) is 6.60. The second-order valence-corrected chi connectivity index (χ2v) is 5.18. The van der Waals surface area contributed by atoms with Gasteiger partial charge in [-0.1, -0.05) is 0 Å². The quantitative estimate of drug-likeness (QED) is 0.764. The fourth-order valence-corrected chi connectivity index (χ4v) is 3.04. The number of ether oxygens (including phenoxy) is 2. The van der Waals surface area contributed by atoms with E-state index < -0.39 is 0 Å². The lowest BCUT2D eigenvalue weighted by molar-refractivity contribution is 0.0762. The van der Waals surface area contributed by atoms with Gasteiger partial charge in [-0.15, -0.1) is 0 Å². The molecule has 0 aliphatic carbocycles. The molecular formula is C12H21N3O2. The van der Waals surface area contributed by atoms with Crippen molar-refractivity contribution in [3.63, 3.8) is 0 Å². The monoisotopic (exact) mass is 239 g/mol. The van der Waals surface area contributed by atoms with E-state index in [1.165, 1.54) is 6.42 Å². The van der Waals surface area contributed by atoms with Crippen molar-refractivity contribution in [2.45, 2.75) is 31.4 Å². The van der Waals surface area contributed by atoms with Crippen LogP contribution in [0.3, 0.4) is 0 Å². The van der Waals surface area contributed by atoms with Gasteiger partial charge < -0.3 is 20.1 Å². The molecule has 0 bridgehead atoms. The van der Waals surface area contributed by atoms with Crippen LogP contribution in [0.1, 0.15) is 19.3 Å². The SMILES string of the molecule is NC1=NCC(C2CCOC2)N1CC1CCCO1. The Kier molecular flexibility index (Phi) is 3.20. The van der Waals surface area contributed by atoms with E-state index >= 15 is 0 Å². The molecule has 2 N–H and O–H groups in total. The fraction of sp³-hybridized carbons (Fsp3) is 0.917. The van der Waals surface area contributed by atoms with Gasteiger partial charge in [0.25, 0.3) is 0 Å². The normalized spacial score (nSPS) is 37.8. The van der Waals surface area contributed by atoms with Gasteiger partial charge in [0.05, 0.1) is 25.3 Å². The van der Waals surface area contributed by atoms with Crippen molar-refractivity contribution in [3.8, 4) is 0 Å². The molecule has 0 radical (unpaired) electrons. The van der Waals surface area contributed by atoms with Gasteiger partial charge in [-0.05, 0) is 19.3 Å². The summed E-state index contributed by atoms with van der Waals surface area (Å²) < 4.78 is 11.2. The number of aliphatic imine (C=N–C) groups is 1. The van der Waals surface area contributed by atoms with Crippen molar-refractivity contribution in [1.82, 2.24) is 4.90 Å². The van der Waals surface area contributed by atoms with Crippen LogP contribution in [-0.2, 0) is 9.47 Å². The van der Waals surface area contributed by atoms with Gasteiger partial charge in [-0.3, -0.25) is 4.99 Å². The van der Waals surface area contributed by atoms with E-state index in [0.717, 1.165) is 45.8 Å². The molecule has 5 heteroatoms. The lowest BCUT2D eigenvalue weighted by Crippen LogP contribution is -2.48. The van der Waals surface area contributed by atoms with E-state index in [4.69, 9.17) is 15.2 Å². The predicted molar refractivity (Wildman–Crippen MR) is 64.9 cm³/mol. The number of nitrogens with two attached hydrogens (primary N) is 1. The van der Waals surface area contributed by atoms with Crippen LogP contribution in [0.15, 0.2) is 4.99 Å². The summed E-state index contributed by atoms with van der Waals surface area (Å²) >= 11 is 0. The van der Waals surface area contributed by atoms with E-state index in [2.05, 4.69) is 9.89 Å². The van der Waals surface area contributed by atoms with Crippen LogP contribution in [0, 0.1) is 5.92 Å². The van der Waals surface area contributed by atoms with E-state index in [9.17, 15) is 0 Å². The van der Waals surface area contributed by atoms with Gasteiger partial charge >= 0.3 is 0 Å². The van der Waals surface area contributed by atoms with Gasteiger partial charge in [0.2, 0.25) is 0 Å². The van der Waals surface area contributed by atoms with Crippen LogP contribution < -0.4 is 5.73 Å². The molecule has 2 fully saturated rings. The van der Waals surface area contributed by atoms with Crippen molar-refractivity contribution in [2.75, 3.05) is 32.9 Å². The lowest BCUT2D eigenvalue weighted by Gasteiger charge is -2.31. The van der Waals surface area contributed by atoms with Gasteiger partial charge in [-0.25, -0.2) is 0 Å². The number of guanidine groups is 1. The average Bonchev–Trinajstić information content (AvgIpc) is 3.03. The van der Waals surface area contributed by atoms with Crippen LogP contribution >= 0.6 is 0 Å². The summed E-state index contributed by atoms with van der Waals surface area (Å²) in [7, 11) is 0. The van der Waals surface area contributed by atoms with Gasteiger partial charge in [-0.2, -0.15) is 0 Å². The van der Waals surface area contributed by atoms with Crippen molar-refractivity contribution in [1.29, 1.82) is 0 Å². The zero-order chi connectivity index (χ0) is 11.7. The number of hydrogen-bond acceptors (Lipinski definition) is 5. The maximum atomic E-state index is 5.99. The molecule has 0 spiro atoms. The number of hydrogen-bond donors (Lipinski definition) is 1. The Bertz CT molecular complexity index is 296. The third kappa shape index (κ3) is 2.26. The maximum Gasteiger partial charge on any atom is 0.191 e. The lowest BCUT2D eigenvalue weighted by atomic mass is 9.98. The first kappa shape index (κ1) is 11.3.